The second-order valence-electron chi connectivity index (χ2n) is 6.77. The third-order valence-corrected chi connectivity index (χ3v) is 5.04. The molecule has 0 aliphatic heterocycles. The van der Waals surface area contributed by atoms with Gasteiger partial charge in [0, 0.05) is 17.8 Å². The van der Waals surface area contributed by atoms with Gasteiger partial charge in [-0.25, -0.2) is 0 Å². The molecule has 1 heterocycles. The van der Waals surface area contributed by atoms with E-state index in [1.807, 2.05) is 18.2 Å². The highest BCUT2D eigenvalue weighted by molar-refractivity contribution is 6.32. The minimum atomic E-state index is -0.403. The van der Waals surface area contributed by atoms with E-state index in [2.05, 4.69) is 10.3 Å². The minimum Gasteiger partial charge on any atom is -0.456 e. The summed E-state index contributed by atoms with van der Waals surface area (Å²) in [4.78, 5) is 26.8. The molecule has 0 aliphatic rings. The largest absolute Gasteiger partial charge is 0.456 e. The van der Waals surface area contributed by atoms with Gasteiger partial charge in [0.25, 0.3) is 5.56 Å². The van der Waals surface area contributed by atoms with Gasteiger partial charge in [0.2, 0.25) is 5.91 Å². The molecule has 3 aromatic rings. The monoisotopic (exact) mass is 421 g/mol. The number of nitrogens with zero attached hydrogens (tertiary/aromatic N) is 1. The lowest BCUT2D eigenvalue weighted by Gasteiger charge is -2.11. The fraction of sp³-hybridized carbons (Fsp3) is 0.174. The first-order valence-electron chi connectivity index (χ1n) is 9.33. The maximum absolute atomic E-state index is 12.4. The average Bonchev–Trinajstić information content (AvgIpc) is 2.71. The van der Waals surface area contributed by atoms with E-state index in [0.717, 1.165) is 5.56 Å². The normalized spacial score (nSPS) is 10.3. The Morgan fingerprint density at radius 3 is 2.53 bits per heavy atom. The number of hydrogen-bond acceptors (Lipinski definition) is 4. The van der Waals surface area contributed by atoms with Crippen LogP contribution in [0.5, 0.6) is 11.5 Å². The Morgan fingerprint density at radius 2 is 1.87 bits per heavy atom. The topological polar surface area (TPSA) is 95.0 Å². The number of amides is 1. The summed E-state index contributed by atoms with van der Waals surface area (Å²) < 4.78 is 5.73. The molecule has 0 unspecified atom stereocenters. The maximum atomic E-state index is 12.4. The van der Waals surface area contributed by atoms with Gasteiger partial charge in [0.15, 0.2) is 0 Å². The van der Waals surface area contributed by atoms with Crippen LogP contribution in [0.1, 0.15) is 28.8 Å². The second-order valence-corrected chi connectivity index (χ2v) is 7.18. The fourth-order valence-electron chi connectivity index (χ4n) is 3.14. The number of para-hydroxylation sites is 1. The molecule has 0 saturated heterocycles. The first-order valence-corrected chi connectivity index (χ1v) is 9.71. The highest BCUT2D eigenvalue weighted by Gasteiger charge is 2.13. The number of ether oxygens (including phenoxy) is 1. The molecule has 7 heteroatoms. The van der Waals surface area contributed by atoms with Crippen LogP contribution in [0.3, 0.4) is 0 Å². The van der Waals surface area contributed by atoms with E-state index >= 15 is 0 Å². The number of benzene rings is 2. The van der Waals surface area contributed by atoms with Crippen LogP contribution in [0.25, 0.3) is 0 Å². The molecular weight excluding hydrogens is 402 g/mol. The summed E-state index contributed by atoms with van der Waals surface area (Å²) in [5, 5.41) is 12.5. The van der Waals surface area contributed by atoms with Gasteiger partial charge in [-0.1, -0.05) is 23.7 Å². The lowest BCUT2D eigenvalue weighted by atomic mass is 9.99. The van der Waals surface area contributed by atoms with Crippen LogP contribution in [-0.2, 0) is 11.2 Å². The van der Waals surface area contributed by atoms with Gasteiger partial charge in [0.05, 0.1) is 5.02 Å². The Morgan fingerprint density at radius 1 is 1.17 bits per heavy atom. The van der Waals surface area contributed by atoms with Crippen LogP contribution < -0.4 is 15.6 Å². The van der Waals surface area contributed by atoms with E-state index in [-0.39, 0.29) is 17.9 Å². The standard InChI is InChI=1S/C23H20ClN3O3/c1-14-18(15(2)26-23(29)19(14)13-25)11-12-22(28)27-16-7-9-17(10-8-16)30-21-6-4-3-5-20(21)24/h3-10H,11-12H2,1-2H3,(H,26,29)(H,27,28). The van der Waals surface area contributed by atoms with Crippen molar-refractivity contribution >= 4 is 23.2 Å². The van der Waals surface area contributed by atoms with Gasteiger partial charge < -0.3 is 15.0 Å². The van der Waals surface area contributed by atoms with Crippen molar-refractivity contribution in [3.8, 4) is 17.6 Å². The van der Waals surface area contributed by atoms with Gasteiger partial charge in [-0.05, 0) is 67.8 Å². The Labute approximate surface area is 179 Å². The van der Waals surface area contributed by atoms with Crippen molar-refractivity contribution < 1.29 is 9.53 Å². The molecule has 30 heavy (non-hydrogen) atoms. The van der Waals surface area contributed by atoms with Crippen molar-refractivity contribution in [1.29, 1.82) is 5.26 Å². The van der Waals surface area contributed by atoms with E-state index in [0.29, 0.717) is 39.9 Å². The predicted molar refractivity (Wildman–Crippen MR) is 116 cm³/mol. The van der Waals surface area contributed by atoms with Crippen molar-refractivity contribution in [1.82, 2.24) is 4.98 Å². The summed E-state index contributed by atoms with van der Waals surface area (Å²) in [7, 11) is 0. The first-order chi connectivity index (χ1) is 14.4. The van der Waals surface area contributed by atoms with Gasteiger partial charge in [0.1, 0.15) is 23.1 Å². The first kappa shape index (κ1) is 21.2. The summed E-state index contributed by atoms with van der Waals surface area (Å²) >= 11 is 6.09. The van der Waals surface area contributed by atoms with Gasteiger partial charge >= 0.3 is 0 Å². The van der Waals surface area contributed by atoms with Gasteiger partial charge in [-0.3, -0.25) is 9.59 Å². The number of nitriles is 1. The van der Waals surface area contributed by atoms with E-state index in [4.69, 9.17) is 21.6 Å². The van der Waals surface area contributed by atoms with E-state index < -0.39 is 5.56 Å². The predicted octanol–water partition coefficient (Wildman–Crippen LogP) is 4.88. The number of nitrogens with one attached hydrogen (secondary N) is 2. The molecular formula is C23H20ClN3O3. The molecule has 1 amide bonds. The van der Waals surface area contributed by atoms with Crippen molar-refractivity contribution in [2.24, 2.45) is 0 Å². The molecule has 1 aromatic heterocycles. The molecule has 2 aromatic carbocycles. The molecule has 6 nitrogen and oxygen atoms in total. The zero-order valence-electron chi connectivity index (χ0n) is 16.6. The number of H-pyrrole nitrogens is 1. The number of carbonyl (C=O) groups excluding carboxylic acids is 1. The number of aryl methyl sites for hydroxylation is 1. The molecule has 0 fully saturated rings. The number of aromatic nitrogens is 1. The summed E-state index contributed by atoms with van der Waals surface area (Å²) in [5.41, 5.74) is 2.42. The van der Waals surface area contributed by atoms with E-state index in [1.165, 1.54) is 0 Å². The molecule has 152 valence electrons. The third-order valence-electron chi connectivity index (χ3n) is 4.72. The zero-order valence-corrected chi connectivity index (χ0v) is 17.3. The Balaban J connectivity index is 1.61. The smallest absolute Gasteiger partial charge is 0.266 e. The lowest BCUT2D eigenvalue weighted by molar-refractivity contribution is -0.116. The zero-order chi connectivity index (χ0) is 21.7. The number of halogens is 1. The molecule has 0 saturated carbocycles. The van der Waals surface area contributed by atoms with E-state index in [1.54, 1.807) is 50.2 Å². The summed E-state index contributed by atoms with van der Waals surface area (Å²) in [6.07, 6.45) is 0.638. The average molecular weight is 422 g/mol. The van der Waals surface area contributed by atoms with Crippen LogP contribution >= 0.6 is 11.6 Å². The number of aromatic amines is 1. The van der Waals surface area contributed by atoms with Crippen LogP contribution in [-0.4, -0.2) is 10.9 Å². The SMILES string of the molecule is Cc1[nH]c(=O)c(C#N)c(C)c1CCC(=O)Nc1ccc(Oc2ccccc2Cl)cc1. The van der Waals surface area contributed by atoms with Gasteiger partial charge in [-0.2, -0.15) is 5.26 Å². The molecule has 0 bridgehead atoms. The van der Waals surface area contributed by atoms with Crippen molar-refractivity contribution in [2.45, 2.75) is 26.7 Å². The maximum Gasteiger partial charge on any atom is 0.266 e. The fourth-order valence-corrected chi connectivity index (χ4v) is 3.32. The summed E-state index contributed by atoms with van der Waals surface area (Å²) in [5.74, 6) is 0.988. The Kier molecular flexibility index (Phi) is 6.55. The molecule has 0 aliphatic carbocycles. The molecule has 2 N–H and O–H groups in total. The molecule has 0 atom stereocenters. The third kappa shape index (κ3) is 4.88. The van der Waals surface area contributed by atoms with Crippen LogP contribution in [0.2, 0.25) is 5.02 Å². The molecule has 0 radical (unpaired) electrons. The number of hydrogen-bond donors (Lipinski definition) is 2. The van der Waals surface area contributed by atoms with Crippen LogP contribution in [0.4, 0.5) is 5.69 Å². The Bertz CT molecular complexity index is 1180. The summed E-state index contributed by atoms with van der Waals surface area (Å²) in [6, 6.07) is 16.1. The van der Waals surface area contributed by atoms with E-state index in [9.17, 15) is 9.59 Å². The van der Waals surface area contributed by atoms with Gasteiger partial charge in [-0.15, -0.1) is 0 Å². The minimum absolute atomic E-state index is 0.0881. The second kappa shape index (κ2) is 9.29. The van der Waals surface area contributed by atoms with Crippen LogP contribution in [0, 0.1) is 25.2 Å². The van der Waals surface area contributed by atoms with Crippen molar-refractivity contribution in [3.63, 3.8) is 0 Å². The highest BCUT2D eigenvalue weighted by atomic mass is 35.5. The molecule has 3 rings (SSSR count). The number of anilines is 1. The van der Waals surface area contributed by atoms with Crippen molar-refractivity contribution in [2.75, 3.05) is 5.32 Å². The number of rotatable bonds is 6. The van der Waals surface area contributed by atoms with Crippen LogP contribution in [0.15, 0.2) is 53.3 Å². The molecule has 0 spiro atoms. The quantitative estimate of drug-likeness (QED) is 0.592. The van der Waals surface area contributed by atoms with Crippen molar-refractivity contribution in [3.05, 3.63) is 86.3 Å². The summed E-state index contributed by atoms with van der Waals surface area (Å²) in [6.45, 7) is 3.49. The number of carbonyl (C=O) groups is 1. The lowest BCUT2D eigenvalue weighted by Crippen LogP contribution is -2.18. The Hall–Kier alpha value is -3.56. The number of pyridine rings is 1. The highest BCUT2D eigenvalue weighted by Crippen LogP contribution is 2.29.